The van der Waals surface area contributed by atoms with E-state index in [0.717, 1.165) is 55.3 Å². The summed E-state index contributed by atoms with van der Waals surface area (Å²) in [6, 6.07) is 0.155. The Morgan fingerprint density at radius 2 is 1.92 bits per heavy atom. The van der Waals surface area contributed by atoms with Crippen molar-refractivity contribution in [1.29, 1.82) is 0 Å². The third-order valence-electron chi connectivity index (χ3n) is 4.98. The van der Waals surface area contributed by atoms with Crippen LogP contribution in [0.3, 0.4) is 0 Å². The Kier molecular flexibility index (Phi) is 5.34. The van der Waals surface area contributed by atoms with Gasteiger partial charge in [-0.05, 0) is 27.7 Å². The number of hydrogen-bond donors (Lipinski definition) is 0. The van der Waals surface area contributed by atoms with Crippen LogP contribution in [0.1, 0.15) is 41.5 Å². The fourth-order valence-corrected chi connectivity index (χ4v) is 3.39. The van der Waals surface area contributed by atoms with Crippen molar-refractivity contribution in [1.82, 2.24) is 24.9 Å². The van der Waals surface area contributed by atoms with Gasteiger partial charge in [0.2, 0.25) is 5.89 Å². The number of ether oxygens (including phenoxy) is 1. The SMILES string of the molecule is COc1c(C)cnc(CN2CCN(C(C)c3nc(C)no3)CC2)c1C. The van der Waals surface area contributed by atoms with Gasteiger partial charge in [0, 0.05) is 50.0 Å². The number of methoxy groups -OCH3 is 1. The second kappa shape index (κ2) is 7.49. The Labute approximate surface area is 149 Å². The molecule has 3 rings (SSSR count). The molecule has 0 amide bonds. The smallest absolute Gasteiger partial charge is 0.243 e. The van der Waals surface area contributed by atoms with Gasteiger partial charge in [-0.3, -0.25) is 14.8 Å². The van der Waals surface area contributed by atoms with E-state index in [9.17, 15) is 0 Å². The summed E-state index contributed by atoms with van der Waals surface area (Å²) >= 11 is 0. The Balaban J connectivity index is 1.60. The van der Waals surface area contributed by atoms with Gasteiger partial charge >= 0.3 is 0 Å². The van der Waals surface area contributed by atoms with Crippen molar-refractivity contribution in [3.8, 4) is 5.75 Å². The fourth-order valence-electron chi connectivity index (χ4n) is 3.39. The summed E-state index contributed by atoms with van der Waals surface area (Å²) in [7, 11) is 1.72. The highest BCUT2D eigenvalue weighted by Gasteiger charge is 2.26. The minimum Gasteiger partial charge on any atom is -0.496 e. The first kappa shape index (κ1) is 17.8. The van der Waals surface area contributed by atoms with Gasteiger partial charge < -0.3 is 9.26 Å². The third-order valence-corrected chi connectivity index (χ3v) is 4.98. The second-order valence-corrected chi connectivity index (χ2v) is 6.71. The van der Waals surface area contributed by atoms with E-state index < -0.39 is 0 Å². The molecule has 3 heterocycles. The summed E-state index contributed by atoms with van der Waals surface area (Å²) in [5.74, 6) is 2.34. The Morgan fingerprint density at radius 3 is 2.52 bits per heavy atom. The van der Waals surface area contributed by atoms with E-state index in [0.29, 0.717) is 11.7 Å². The van der Waals surface area contributed by atoms with E-state index in [4.69, 9.17) is 9.26 Å². The quantitative estimate of drug-likeness (QED) is 0.823. The first-order valence-corrected chi connectivity index (χ1v) is 8.75. The maximum Gasteiger partial charge on any atom is 0.243 e. The lowest BCUT2D eigenvalue weighted by atomic mass is 10.1. The van der Waals surface area contributed by atoms with Crippen molar-refractivity contribution < 1.29 is 9.26 Å². The average Bonchev–Trinajstić information content (AvgIpc) is 3.04. The van der Waals surface area contributed by atoms with Gasteiger partial charge in [0.05, 0.1) is 18.8 Å². The number of pyridine rings is 1. The summed E-state index contributed by atoms with van der Waals surface area (Å²) in [5.41, 5.74) is 3.31. The predicted octanol–water partition coefficient (Wildman–Crippen LogP) is 2.28. The molecule has 2 aromatic rings. The highest BCUT2D eigenvalue weighted by molar-refractivity contribution is 5.41. The number of nitrogens with zero attached hydrogens (tertiary/aromatic N) is 5. The molecule has 1 aliphatic heterocycles. The molecule has 1 aliphatic rings. The zero-order valence-electron chi connectivity index (χ0n) is 15.7. The number of hydrogen-bond acceptors (Lipinski definition) is 7. The van der Waals surface area contributed by atoms with E-state index in [1.165, 1.54) is 0 Å². The molecule has 0 N–H and O–H groups in total. The predicted molar refractivity (Wildman–Crippen MR) is 94.6 cm³/mol. The summed E-state index contributed by atoms with van der Waals surface area (Å²) < 4.78 is 10.8. The normalized spacial score (nSPS) is 17.6. The molecular weight excluding hydrogens is 318 g/mol. The van der Waals surface area contributed by atoms with Crippen LogP contribution >= 0.6 is 0 Å². The van der Waals surface area contributed by atoms with Gasteiger partial charge in [0.1, 0.15) is 5.75 Å². The molecule has 25 heavy (non-hydrogen) atoms. The van der Waals surface area contributed by atoms with Crippen LogP contribution < -0.4 is 4.74 Å². The zero-order chi connectivity index (χ0) is 18.0. The topological polar surface area (TPSA) is 67.5 Å². The van der Waals surface area contributed by atoms with Crippen LogP contribution in [-0.4, -0.2) is 58.2 Å². The minimum atomic E-state index is 0.155. The van der Waals surface area contributed by atoms with E-state index >= 15 is 0 Å². The van der Waals surface area contributed by atoms with Gasteiger partial charge in [0.25, 0.3) is 0 Å². The van der Waals surface area contributed by atoms with Crippen LogP contribution in [-0.2, 0) is 6.54 Å². The maximum absolute atomic E-state index is 5.52. The van der Waals surface area contributed by atoms with Crippen LogP contribution in [0, 0.1) is 20.8 Å². The first-order valence-electron chi connectivity index (χ1n) is 8.75. The Bertz CT molecular complexity index is 722. The highest BCUT2D eigenvalue weighted by Crippen LogP contribution is 2.26. The van der Waals surface area contributed by atoms with Crippen LogP contribution in [0.4, 0.5) is 0 Å². The highest BCUT2D eigenvalue weighted by atomic mass is 16.5. The maximum atomic E-state index is 5.52. The van der Waals surface area contributed by atoms with Crippen molar-refractivity contribution in [2.75, 3.05) is 33.3 Å². The molecular formula is C18H27N5O2. The van der Waals surface area contributed by atoms with Crippen molar-refractivity contribution in [3.63, 3.8) is 0 Å². The lowest BCUT2D eigenvalue weighted by Crippen LogP contribution is -2.46. The molecule has 1 saturated heterocycles. The standard InChI is InChI=1S/C18H27N5O2/c1-12-10-19-16(13(2)17(12)24-5)11-22-6-8-23(9-7-22)14(3)18-20-15(4)21-25-18/h10,14H,6-9,11H2,1-5H3. The molecule has 0 saturated carbocycles. The lowest BCUT2D eigenvalue weighted by Gasteiger charge is -2.36. The number of rotatable bonds is 5. The number of piperazine rings is 1. The average molecular weight is 345 g/mol. The minimum absolute atomic E-state index is 0.155. The zero-order valence-corrected chi connectivity index (χ0v) is 15.7. The molecule has 0 aromatic carbocycles. The van der Waals surface area contributed by atoms with Gasteiger partial charge in [0.15, 0.2) is 5.82 Å². The van der Waals surface area contributed by atoms with Gasteiger partial charge in [-0.2, -0.15) is 4.98 Å². The molecule has 0 spiro atoms. The summed E-state index contributed by atoms with van der Waals surface area (Å²) in [4.78, 5) is 13.8. The van der Waals surface area contributed by atoms with Crippen LogP contribution in [0.25, 0.3) is 0 Å². The molecule has 7 heteroatoms. The molecule has 1 atom stereocenters. The molecule has 0 aliphatic carbocycles. The molecule has 136 valence electrons. The molecule has 7 nitrogen and oxygen atoms in total. The largest absolute Gasteiger partial charge is 0.496 e. The first-order chi connectivity index (χ1) is 12.0. The molecule has 2 aromatic heterocycles. The Hall–Kier alpha value is -1.99. The second-order valence-electron chi connectivity index (χ2n) is 6.71. The fraction of sp³-hybridized carbons (Fsp3) is 0.611. The van der Waals surface area contributed by atoms with Crippen molar-refractivity contribution >= 4 is 0 Å². The molecule has 1 fully saturated rings. The van der Waals surface area contributed by atoms with Gasteiger partial charge in [-0.1, -0.05) is 5.16 Å². The Morgan fingerprint density at radius 1 is 1.20 bits per heavy atom. The molecule has 0 radical (unpaired) electrons. The van der Waals surface area contributed by atoms with Crippen LogP contribution in [0.2, 0.25) is 0 Å². The van der Waals surface area contributed by atoms with E-state index in [-0.39, 0.29) is 6.04 Å². The number of aromatic nitrogens is 3. The van der Waals surface area contributed by atoms with Crippen LogP contribution in [0.5, 0.6) is 5.75 Å². The van der Waals surface area contributed by atoms with Gasteiger partial charge in [-0.25, -0.2) is 0 Å². The molecule has 0 bridgehead atoms. The van der Waals surface area contributed by atoms with Crippen molar-refractivity contribution in [2.45, 2.75) is 40.3 Å². The summed E-state index contributed by atoms with van der Waals surface area (Å²) in [6.45, 7) is 12.9. The monoisotopic (exact) mass is 345 g/mol. The van der Waals surface area contributed by atoms with Crippen LogP contribution in [0.15, 0.2) is 10.7 Å². The number of aryl methyl sites for hydroxylation is 2. The van der Waals surface area contributed by atoms with E-state index in [1.54, 1.807) is 7.11 Å². The van der Waals surface area contributed by atoms with E-state index in [1.807, 2.05) is 20.0 Å². The van der Waals surface area contributed by atoms with Crippen molar-refractivity contribution in [2.24, 2.45) is 0 Å². The van der Waals surface area contributed by atoms with Crippen molar-refractivity contribution in [3.05, 3.63) is 34.7 Å². The third kappa shape index (κ3) is 3.82. The lowest BCUT2D eigenvalue weighted by molar-refractivity contribution is 0.0837. The van der Waals surface area contributed by atoms with E-state index in [2.05, 4.69) is 38.8 Å². The van der Waals surface area contributed by atoms with Gasteiger partial charge in [-0.15, -0.1) is 0 Å². The summed E-state index contributed by atoms with van der Waals surface area (Å²) in [6.07, 6.45) is 1.90. The summed E-state index contributed by atoms with van der Waals surface area (Å²) in [5, 5.41) is 3.89. The molecule has 1 unspecified atom stereocenters.